The Balaban J connectivity index is 1.92. The smallest absolute Gasteiger partial charge is 0.256 e. The third kappa shape index (κ3) is 5.00. The van der Waals surface area contributed by atoms with Crippen molar-refractivity contribution in [2.45, 2.75) is 6.92 Å². The molecule has 0 radical (unpaired) electrons. The molecule has 0 bridgehead atoms. The number of methoxy groups -OCH3 is 2. The van der Waals surface area contributed by atoms with Gasteiger partial charge in [0.1, 0.15) is 11.5 Å². The molecule has 0 atom stereocenters. The van der Waals surface area contributed by atoms with Crippen molar-refractivity contribution in [1.29, 1.82) is 0 Å². The highest BCUT2D eigenvalue weighted by atomic mass is 35.5. The minimum atomic E-state index is -0.500. The Hall–Kier alpha value is -3.58. The molecule has 166 valence electrons. The number of allylic oxidation sites excluding steroid dienone is 3. The maximum atomic E-state index is 12.8. The van der Waals surface area contributed by atoms with Crippen LogP contribution in [0.5, 0.6) is 11.5 Å². The maximum absolute atomic E-state index is 12.8. The molecule has 0 spiro atoms. The molecule has 2 aromatic carbocycles. The highest BCUT2D eigenvalue weighted by Crippen LogP contribution is 2.27. The number of rotatable bonds is 6. The van der Waals surface area contributed by atoms with E-state index < -0.39 is 11.7 Å². The summed E-state index contributed by atoms with van der Waals surface area (Å²) in [6.45, 7) is 1.72. The number of Topliss-reactive ketones (excluding diaryl/α,β-unsaturated/α-hetero) is 1. The van der Waals surface area contributed by atoms with Gasteiger partial charge in [-0.2, -0.15) is 0 Å². The monoisotopic (exact) mass is 453 g/mol. The number of amides is 1. The van der Waals surface area contributed by atoms with Gasteiger partial charge in [0, 0.05) is 31.4 Å². The molecule has 32 heavy (non-hydrogen) atoms. The number of halogens is 1. The van der Waals surface area contributed by atoms with Gasteiger partial charge >= 0.3 is 0 Å². The molecule has 1 aliphatic carbocycles. The predicted octanol–water partition coefficient (Wildman–Crippen LogP) is 4.25. The first kappa shape index (κ1) is 23.1. The Labute approximate surface area is 192 Å². The van der Waals surface area contributed by atoms with Crippen molar-refractivity contribution in [1.82, 2.24) is 5.32 Å². The second kappa shape index (κ2) is 9.70. The van der Waals surface area contributed by atoms with Gasteiger partial charge in [-0.05, 0) is 55.0 Å². The van der Waals surface area contributed by atoms with E-state index in [1.165, 1.54) is 20.3 Å². The Morgan fingerprint density at radius 3 is 2.16 bits per heavy atom. The number of aliphatic imine (C=N–C) groups is 1. The van der Waals surface area contributed by atoms with E-state index in [1.807, 2.05) is 43.3 Å². The number of carbonyl (C=O) groups excluding carboxylic acids is 2. The van der Waals surface area contributed by atoms with Gasteiger partial charge in [0.15, 0.2) is 0 Å². The summed E-state index contributed by atoms with van der Waals surface area (Å²) in [5.74, 6) is -0.0684. The third-order valence-electron chi connectivity index (χ3n) is 4.92. The topological polar surface area (TPSA) is 80.2 Å². The van der Waals surface area contributed by atoms with Gasteiger partial charge in [0.2, 0.25) is 5.78 Å². The van der Waals surface area contributed by atoms with Gasteiger partial charge in [-0.1, -0.05) is 11.6 Å². The molecule has 2 aromatic rings. The number of nitrogens with zero attached hydrogens (tertiary/aromatic N) is 2. The highest BCUT2D eigenvalue weighted by molar-refractivity contribution is 6.49. The number of hydrogen-bond acceptors (Lipinski definition) is 6. The van der Waals surface area contributed by atoms with Crippen LogP contribution in [0.25, 0.3) is 0 Å². The Morgan fingerprint density at radius 2 is 1.62 bits per heavy atom. The van der Waals surface area contributed by atoms with Crippen molar-refractivity contribution in [3.63, 3.8) is 0 Å². The van der Waals surface area contributed by atoms with Gasteiger partial charge in [-0.25, -0.2) is 4.99 Å². The first-order chi connectivity index (χ1) is 15.2. The molecule has 0 aliphatic heterocycles. The Morgan fingerprint density at radius 1 is 1.03 bits per heavy atom. The second-order valence-electron chi connectivity index (χ2n) is 7.29. The van der Waals surface area contributed by atoms with E-state index in [9.17, 15) is 9.59 Å². The molecule has 0 unspecified atom stereocenters. The average molecular weight is 454 g/mol. The fourth-order valence-electron chi connectivity index (χ4n) is 3.02. The van der Waals surface area contributed by atoms with E-state index in [-0.39, 0.29) is 16.3 Å². The lowest BCUT2D eigenvalue weighted by Gasteiger charge is -2.17. The van der Waals surface area contributed by atoms with Gasteiger partial charge in [-0.15, -0.1) is 0 Å². The van der Waals surface area contributed by atoms with Crippen molar-refractivity contribution >= 4 is 40.4 Å². The molecule has 0 fully saturated rings. The van der Waals surface area contributed by atoms with Gasteiger partial charge < -0.3 is 19.7 Å². The van der Waals surface area contributed by atoms with Crippen LogP contribution in [0.1, 0.15) is 17.3 Å². The third-order valence-corrected chi connectivity index (χ3v) is 5.37. The number of hydrogen-bond donors (Lipinski definition) is 1. The van der Waals surface area contributed by atoms with Crippen LogP contribution in [0.4, 0.5) is 11.4 Å². The summed E-state index contributed by atoms with van der Waals surface area (Å²) in [6.07, 6.45) is 1.53. The average Bonchev–Trinajstić information content (AvgIpc) is 2.80. The normalized spacial score (nSPS) is 14.9. The van der Waals surface area contributed by atoms with Crippen molar-refractivity contribution in [3.8, 4) is 11.5 Å². The van der Waals surface area contributed by atoms with Crippen LogP contribution in [0.3, 0.4) is 0 Å². The highest BCUT2D eigenvalue weighted by Gasteiger charge is 2.26. The molecule has 0 aromatic heterocycles. The molecule has 1 amide bonds. The van der Waals surface area contributed by atoms with Crippen LogP contribution < -0.4 is 19.7 Å². The van der Waals surface area contributed by atoms with E-state index in [1.54, 1.807) is 25.1 Å². The molecule has 0 heterocycles. The van der Waals surface area contributed by atoms with Crippen molar-refractivity contribution < 1.29 is 19.1 Å². The van der Waals surface area contributed by atoms with Crippen LogP contribution >= 0.6 is 11.6 Å². The summed E-state index contributed by atoms with van der Waals surface area (Å²) < 4.78 is 10.4. The summed E-state index contributed by atoms with van der Waals surface area (Å²) in [7, 11) is 6.89. The SMILES string of the molecule is COc1cc(OC)cc(C(=O)NC2=C/C(=N\c3ccc(N(C)C)cc3)C(C)=C(Cl)C2=O)c1. The predicted molar refractivity (Wildman–Crippen MR) is 127 cm³/mol. The number of anilines is 1. The van der Waals surface area contributed by atoms with Crippen molar-refractivity contribution in [2.75, 3.05) is 33.2 Å². The fourth-order valence-corrected chi connectivity index (χ4v) is 3.22. The molecule has 7 nitrogen and oxygen atoms in total. The fraction of sp³-hybridized carbons (Fsp3) is 0.208. The van der Waals surface area contributed by atoms with Crippen LogP contribution in [0, 0.1) is 0 Å². The van der Waals surface area contributed by atoms with E-state index in [2.05, 4.69) is 10.3 Å². The summed E-state index contributed by atoms with van der Waals surface area (Å²) in [5.41, 5.74) is 3.07. The van der Waals surface area contributed by atoms with Crippen LogP contribution in [-0.2, 0) is 4.79 Å². The van der Waals surface area contributed by atoms with E-state index in [4.69, 9.17) is 21.1 Å². The summed E-state index contributed by atoms with van der Waals surface area (Å²) in [4.78, 5) is 32.1. The number of ketones is 1. The minimum Gasteiger partial charge on any atom is -0.497 e. The molecule has 8 heteroatoms. The maximum Gasteiger partial charge on any atom is 0.256 e. The lowest BCUT2D eigenvalue weighted by molar-refractivity contribution is -0.112. The lowest BCUT2D eigenvalue weighted by atomic mass is 10.0. The van der Waals surface area contributed by atoms with Gasteiger partial charge in [-0.3, -0.25) is 9.59 Å². The Bertz CT molecular complexity index is 1130. The van der Waals surface area contributed by atoms with Gasteiger partial charge in [0.05, 0.1) is 36.3 Å². The molecular formula is C24H24ClN3O4. The first-order valence-corrected chi connectivity index (χ1v) is 10.1. The minimum absolute atomic E-state index is 0.00897. The summed E-state index contributed by atoms with van der Waals surface area (Å²) in [5, 5.41) is 2.64. The Kier molecular flexibility index (Phi) is 7.00. The zero-order valence-electron chi connectivity index (χ0n) is 18.5. The zero-order chi connectivity index (χ0) is 23.4. The number of nitrogens with one attached hydrogen (secondary N) is 1. The first-order valence-electron chi connectivity index (χ1n) is 9.77. The quantitative estimate of drug-likeness (QED) is 0.661. The van der Waals surface area contributed by atoms with Crippen molar-refractivity contribution in [3.05, 3.63) is 70.4 Å². The molecule has 1 N–H and O–H groups in total. The van der Waals surface area contributed by atoms with Crippen LogP contribution in [0.2, 0.25) is 0 Å². The molecular weight excluding hydrogens is 430 g/mol. The molecule has 3 rings (SSSR count). The van der Waals surface area contributed by atoms with Crippen LogP contribution in [-0.4, -0.2) is 45.7 Å². The number of carbonyl (C=O) groups is 2. The van der Waals surface area contributed by atoms with Crippen molar-refractivity contribution in [2.24, 2.45) is 4.99 Å². The molecule has 0 saturated carbocycles. The lowest BCUT2D eigenvalue weighted by Crippen LogP contribution is -2.31. The number of benzene rings is 2. The van der Waals surface area contributed by atoms with E-state index in [0.29, 0.717) is 28.5 Å². The largest absolute Gasteiger partial charge is 0.497 e. The second-order valence-corrected chi connectivity index (χ2v) is 7.67. The van der Waals surface area contributed by atoms with E-state index >= 15 is 0 Å². The zero-order valence-corrected chi connectivity index (χ0v) is 19.3. The summed E-state index contributed by atoms with van der Waals surface area (Å²) in [6, 6.07) is 12.4. The molecule has 0 saturated heterocycles. The van der Waals surface area contributed by atoms with Gasteiger partial charge in [0.25, 0.3) is 5.91 Å². The van der Waals surface area contributed by atoms with Crippen LogP contribution in [0.15, 0.2) is 69.8 Å². The number of ether oxygens (including phenoxy) is 2. The van der Waals surface area contributed by atoms with E-state index in [0.717, 1.165) is 5.69 Å². The molecule has 1 aliphatic rings. The standard InChI is InChI=1S/C24H24ClN3O4/c1-14-20(26-16-6-8-17(9-7-16)28(2)3)13-21(23(29)22(14)25)27-24(30)15-10-18(31-4)12-19(11-15)32-5/h6-13H,1-5H3,(H,27,30)/b26-20+. The summed E-state index contributed by atoms with van der Waals surface area (Å²) >= 11 is 6.28.